The first kappa shape index (κ1) is 17.3. The molecule has 1 fully saturated rings. The van der Waals surface area contributed by atoms with E-state index in [1.807, 2.05) is 66.4 Å². The fourth-order valence-electron chi connectivity index (χ4n) is 3.71. The minimum atomic E-state index is -0.227. The number of para-hydroxylation sites is 1. The minimum Gasteiger partial charge on any atom is -0.339 e. The largest absolute Gasteiger partial charge is 0.347 e. The van der Waals surface area contributed by atoms with Crippen LogP contribution in [-0.2, 0) is 0 Å². The molecule has 6 nitrogen and oxygen atoms in total. The van der Waals surface area contributed by atoms with Crippen molar-refractivity contribution in [2.45, 2.75) is 25.7 Å². The van der Waals surface area contributed by atoms with Crippen LogP contribution in [0.2, 0.25) is 0 Å². The van der Waals surface area contributed by atoms with Gasteiger partial charge < -0.3 is 4.90 Å². The summed E-state index contributed by atoms with van der Waals surface area (Å²) in [5.41, 5.74) is 2.40. The van der Waals surface area contributed by atoms with E-state index >= 15 is 0 Å². The van der Waals surface area contributed by atoms with Crippen molar-refractivity contribution in [3.63, 3.8) is 0 Å². The molecule has 138 valence electrons. The van der Waals surface area contributed by atoms with E-state index in [2.05, 4.69) is 10.2 Å². The molecule has 6 heteroatoms. The molecule has 0 aliphatic carbocycles. The van der Waals surface area contributed by atoms with Gasteiger partial charge in [0.05, 0.1) is 5.69 Å². The van der Waals surface area contributed by atoms with Crippen molar-refractivity contribution in [1.29, 1.82) is 0 Å². The molecule has 4 rings (SSSR count). The summed E-state index contributed by atoms with van der Waals surface area (Å²) >= 11 is 0. The van der Waals surface area contributed by atoms with Gasteiger partial charge in [-0.15, -0.1) is 0 Å². The van der Waals surface area contributed by atoms with Crippen molar-refractivity contribution >= 4 is 5.91 Å². The molecule has 1 amide bonds. The third-order valence-corrected chi connectivity index (χ3v) is 5.13. The first-order valence-electron chi connectivity index (χ1n) is 9.22. The van der Waals surface area contributed by atoms with E-state index in [1.54, 1.807) is 4.57 Å². The molecular formula is C21H22N4O2. The number of rotatable bonds is 3. The Morgan fingerprint density at radius 1 is 1.07 bits per heavy atom. The molecule has 0 unspecified atom stereocenters. The maximum absolute atomic E-state index is 12.7. The number of piperidine rings is 1. The summed E-state index contributed by atoms with van der Waals surface area (Å²) in [7, 11) is 0. The Morgan fingerprint density at radius 3 is 2.52 bits per heavy atom. The van der Waals surface area contributed by atoms with Gasteiger partial charge in [-0.3, -0.25) is 4.79 Å². The number of aromatic nitrogens is 3. The van der Waals surface area contributed by atoms with E-state index in [9.17, 15) is 9.59 Å². The standard InChI is InChI=1S/C21H22N4O2/c1-15-6-5-7-17(14-15)20(26)24-12-10-16(11-13-24)19-22-23-21(27)25(19)18-8-3-2-4-9-18/h2-9,14,16H,10-13H2,1H3,(H,23,27). The van der Waals surface area contributed by atoms with Gasteiger partial charge in [-0.1, -0.05) is 35.9 Å². The van der Waals surface area contributed by atoms with Crippen LogP contribution in [0.3, 0.4) is 0 Å². The van der Waals surface area contributed by atoms with Crippen molar-refractivity contribution in [3.05, 3.63) is 82.0 Å². The molecule has 1 aromatic heterocycles. The molecule has 0 spiro atoms. The van der Waals surface area contributed by atoms with Gasteiger partial charge in [0.15, 0.2) is 0 Å². The lowest BCUT2D eigenvalue weighted by Crippen LogP contribution is -2.38. The van der Waals surface area contributed by atoms with E-state index in [-0.39, 0.29) is 17.5 Å². The number of hydrogen-bond donors (Lipinski definition) is 1. The lowest BCUT2D eigenvalue weighted by molar-refractivity contribution is 0.0710. The molecule has 2 aromatic carbocycles. The van der Waals surface area contributed by atoms with Crippen LogP contribution in [0.5, 0.6) is 0 Å². The van der Waals surface area contributed by atoms with Crippen LogP contribution in [0.15, 0.2) is 59.4 Å². The van der Waals surface area contributed by atoms with Gasteiger partial charge >= 0.3 is 5.69 Å². The molecule has 1 saturated heterocycles. The van der Waals surface area contributed by atoms with E-state index in [0.29, 0.717) is 13.1 Å². The van der Waals surface area contributed by atoms with E-state index < -0.39 is 0 Å². The number of nitrogens with zero attached hydrogens (tertiary/aromatic N) is 3. The summed E-state index contributed by atoms with van der Waals surface area (Å²) < 4.78 is 1.64. The molecule has 3 aromatic rings. The first-order chi connectivity index (χ1) is 13.1. The van der Waals surface area contributed by atoms with Crippen LogP contribution in [0.25, 0.3) is 5.69 Å². The number of likely N-dealkylation sites (tertiary alicyclic amines) is 1. The summed E-state index contributed by atoms with van der Waals surface area (Å²) in [6, 6.07) is 17.2. The smallest absolute Gasteiger partial charge is 0.339 e. The molecule has 1 aliphatic rings. The van der Waals surface area contributed by atoms with Crippen LogP contribution in [-0.4, -0.2) is 38.7 Å². The van der Waals surface area contributed by atoms with E-state index in [1.165, 1.54) is 0 Å². The zero-order chi connectivity index (χ0) is 18.8. The summed E-state index contributed by atoms with van der Waals surface area (Å²) in [5.74, 6) is 0.958. The molecule has 0 radical (unpaired) electrons. The average Bonchev–Trinajstić information content (AvgIpc) is 3.09. The molecule has 27 heavy (non-hydrogen) atoms. The third-order valence-electron chi connectivity index (χ3n) is 5.13. The average molecular weight is 362 g/mol. The number of hydrogen-bond acceptors (Lipinski definition) is 3. The Hall–Kier alpha value is -3.15. The molecule has 0 saturated carbocycles. The number of nitrogens with one attached hydrogen (secondary N) is 1. The Morgan fingerprint density at radius 2 is 1.81 bits per heavy atom. The maximum atomic E-state index is 12.7. The quantitative estimate of drug-likeness (QED) is 0.779. The third kappa shape index (κ3) is 3.43. The van der Waals surface area contributed by atoms with Crippen molar-refractivity contribution in [1.82, 2.24) is 19.7 Å². The lowest BCUT2D eigenvalue weighted by Gasteiger charge is -2.31. The number of carbonyl (C=O) groups excluding carboxylic acids is 1. The van der Waals surface area contributed by atoms with Crippen LogP contribution in [0, 0.1) is 6.92 Å². The Balaban J connectivity index is 1.51. The number of amides is 1. The highest BCUT2D eigenvalue weighted by atomic mass is 16.2. The van der Waals surface area contributed by atoms with Gasteiger partial charge in [0.25, 0.3) is 5.91 Å². The summed E-state index contributed by atoms with van der Waals surface area (Å²) in [6.45, 7) is 3.31. The Labute approximate surface area is 157 Å². The summed E-state index contributed by atoms with van der Waals surface area (Å²) in [5, 5.41) is 6.85. The number of aryl methyl sites for hydroxylation is 1. The van der Waals surface area contributed by atoms with Gasteiger partial charge in [0, 0.05) is 24.6 Å². The van der Waals surface area contributed by atoms with Crippen molar-refractivity contribution < 1.29 is 4.79 Å². The first-order valence-corrected chi connectivity index (χ1v) is 9.22. The van der Waals surface area contributed by atoms with Gasteiger partial charge in [0.1, 0.15) is 5.82 Å². The highest BCUT2D eigenvalue weighted by molar-refractivity contribution is 5.94. The fourth-order valence-corrected chi connectivity index (χ4v) is 3.71. The Kier molecular flexibility index (Phi) is 4.62. The fraction of sp³-hybridized carbons (Fsp3) is 0.286. The predicted octanol–water partition coefficient (Wildman–Crippen LogP) is 2.89. The molecule has 1 aliphatic heterocycles. The van der Waals surface area contributed by atoms with Crippen LogP contribution in [0.1, 0.15) is 40.5 Å². The summed E-state index contributed by atoms with van der Waals surface area (Å²) in [4.78, 5) is 26.9. The number of benzene rings is 2. The second kappa shape index (κ2) is 7.23. The second-order valence-electron chi connectivity index (χ2n) is 6.99. The van der Waals surface area contributed by atoms with Crippen molar-refractivity contribution in [2.75, 3.05) is 13.1 Å². The SMILES string of the molecule is Cc1cccc(C(=O)N2CCC(c3n[nH]c(=O)n3-c3ccccc3)CC2)c1. The molecule has 2 heterocycles. The normalized spacial score (nSPS) is 15.1. The van der Waals surface area contributed by atoms with Crippen molar-refractivity contribution in [3.8, 4) is 5.69 Å². The topological polar surface area (TPSA) is 71.0 Å². The van der Waals surface area contributed by atoms with Gasteiger partial charge in [-0.25, -0.2) is 14.5 Å². The van der Waals surface area contributed by atoms with Gasteiger partial charge in [-0.05, 0) is 44.0 Å². The monoisotopic (exact) mass is 362 g/mol. The Bertz CT molecular complexity index is 998. The highest BCUT2D eigenvalue weighted by Gasteiger charge is 2.28. The predicted molar refractivity (Wildman–Crippen MR) is 103 cm³/mol. The molecule has 0 atom stereocenters. The summed E-state index contributed by atoms with van der Waals surface area (Å²) in [6.07, 6.45) is 1.57. The minimum absolute atomic E-state index is 0.0691. The van der Waals surface area contributed by atoms with Crippen molar-refractivity contribution in [2.24, 2.45) is 0 Å². The zero-order valence-electron chi connectivity index (χ0n) is 15.3. The second-order valence-corrected chi connectivity index (χ2v) is 6.99. The van der Waals surface area contributed by atoms with E-state index in [4.69, 9.17) is 0 Å². The molecule has 1 N–H and O–H groups in total. The van der Waals surface area contributed by atoms with Gasteiger partial charge in [-0.2, -0.15) is 5.10 Å². The van der Waals surface area contributed by atoms with Crippen LogP contribution in [0.4, 0.5) is 0 Å². The maximum Gasteiger partial charge on any atom is 0.347 e. The van der Waals surface area contributed by atoms with Crippen LogP contribution < -0.4 is 5.69 Å². The van der Waals surface area contributed by atoms with Gasteiger partial charge in [0.2, 0.25) is 0 Å². The van der Waals surface area contributed by atoms with Crippen LogP contribution >= 0.6 is 0 Å². The number of carbonyl (C=O) groups is 1. The zero-order valence-corrected chi connectivity index (χ0v) is 15.3. The lowest BCUT2D eigenvalue weighted by atomic mass is 9.95. The van der Waals surface area contributed by atoms with E-state index in [0.717, 1.165) is 35.5 Å². The number of H-pyrrole nitrogens is 1. The number of aromatic amines is 1. The molecule has 0 bridgehead atoms. The highest BCUT2D eigenvalue weighted by Crippen LogP contribution is 2.28. The molecular weight excluding hydrogens is 340 g/mol.